The van der Waals surface area contributed by atoms with Crippen molar-refractivity contribution in [3.05, 3.63) is 24.3 Å². The second kappa shape index (κ2) is 5.43. The van der Waals surface area contributed by atoms with Crippen LogP contribution in [0.4, 0.5) is 0 Å². The zero-order valence-electron chi connectivity index (χ0n) is 11.3. The van der Waals surface area contributed by atoms with Gasteiger partial charge in [-0.3, -0.25) is 0 Å². The SMILES string of the molecule is COc1cccc(P(C)(=O)N2CCN(C)CC2)c1. The van der Waals surface area contributed by atoms with Crippen molar-refractivity contribution in [2.45, 2.75) is 0 Å². The molecule has 18 heavy (non-hydrogen) atoms. The highest BCUT2D eigenvalue weighted by Gasteiger charge is 2.29. The van der Waals surface area contributed by atoms with E-state index >= 15 is 0 Å². The van der Waals surface area contributed by atoms with Crippen molar-refractivity contribution >= 4 is 12.6 Å². The molecule has 0 aromatic heterocycles. The normalized spacial score (nSPS) is 21.5. The first-order valence-corrected chi connectivity index (χ1v) is 8.31. The Hall–Kier alpha value is -0.830. The Kier molecular flexibility index (Phi) is 4.10. The smallest absolute Gasteiger partial charge is 0.175 e. The average Bonchev–Trinajstić information content (AvgIpc) is 2.39. The molecule has 1 aromatic rings. The number of hydrogen-bond donors (Lipinski definition) is 0. The monoisotopic (exact) mass is 268 g/mol. The fraction of sp³-hybridized carbons (Fsp3) is 0.538. The van der Waals surface area contributed by atoms with E-state index in [-0.39, 0.29) is 0 Å². The number of nitrogens with zero attached hydrogens (tertiary/aromatic N) is 2. The third-order valence-corrected chi connectivity index (χ3v) is 6.27. The van der Waals surface area contributed by atoms with E-state index in [1.807, 2.05) is 30.9 Å². The molecule has 1 aliphatic heterocycles. The molecule has 0 N–H and O–H groups in total. The first kappa shape index (κ1) is 13.6. The average molecular weight is 268 g/mol. The van der Waals surface area contributed by atoms with Crippen LogP contribution in [0.1, 0.15) is 0 Å². The van der Waals surface area contributed by atoms with E-state index in [4.69, 9.17) is 4.74 Å². The molecule has 1 aromatic carbocycles. The van der Waals surface area contributed by atoms with Crippen LogP contribution in [0, 0.1) is 0 Å². The van der Waals surface area contributed by atoms with Gasteiger partial charge in [0.15, 0.2) is 7.29 Å². The van der Waals surface area contributed by atoms with E-state index in [2.05, 4.69) is 16.6 Å². The number of piperazine rings is 1. The summed E-state index contributed by atoms with van der Waals surface area (Å²) in [5.74, 6) is 0.767. The topological polar surface area (TPSA) is 32.8 Å². The predicted molar refractivity (Wildman–Crippen MR) is 75.2 cm³/mol. The van der Waals surface area contributed by atoms with Crippen molar-refractivity contribution < 1.29 is 9.30 Å². The predicted octanol–water partition coefficient (Wildman–Crippen LogP) is 1.48. The fourth-order valence-corrected chi connectivity index (χ4v) is 4.21. The fourth-order valence-electron chi connectivity index (χ4n) is 2.21. The van der Waals surface area contributed by atoms with Gasteiger partial charge in [0.25, 0.3) is 0 Å². The van der Waals surface area contributed by atoms with Crippen molar-refractivity contribution in [3.63, 3.8) is 0 Å². The number of likely N-dealkylation sites (N-methyl/N-ethyl adjacent to an activating group) is 1. The molecule has 0 spiro atoms. The van der Waals surface area contributed by atoms with Gasteiger partial charge in [-0.2, -0.15) is 0 Å². The van der Waals surface area contributed by atoms with Gasteiger partial charge in [0.1, 0.15) is 5.75 Å². The van der Waals surface area contributed by atoms with Crippen LogP contribution in [-0.4, -0.2) is 56.6 Å². The van der Waals surface area contributed by atoms with Gasteiger partial charge in [0, 0.05) is 38.1 Å². The van der Waals surface area contributed by atoms with Gasteiger partial charge in [-0.25, -0.2) is 4.67 Å². The van der Waals surface area contributed by atoms with Crippen molar-refractivity contribution in [2.75, 3.05) is 47.0 Å². The quantitative estimate of drug-likeness (QED) is 0.777. The Morgan fingerprint density at radius 3 is 2.50 bits per heavy atom. The van der Waals surface area contributed by atoms with Crippen molar-refractivity contribution in [1.82, 2.24) is 9.57 Å². The third kappa shape index (κ3) is 2.77. The lowest BCUT2D eigenvalue weighted by Crippen LogP contribution is -2.43. The van der Waals surface area contributed by atoms with E-state index in [0.717, 1.165) is 37.2 Å². The molecule has 100 valence electrons. The molecule has 0 amide bonds. The van der Waals surface area contributed by atoms with Gasteiger partial charge >= 0.3 is 0 Å². The van der Waals surface area contributed by atoms with Crippen molar-refractivity contribution in [3.8, 4) is 5.75 Å². The lowest BCUT2D eigenvalue weighted by molar-refractivity contribution is 0.223. The largest absolute Gasteiger partial charge is 0.497 e. The molecule has 0 bridgehead atoms. The maximum Gasteiger partial charge on any atom is 0.175 e. The third-order valence-electron chi connectivity index (χ3n) is 3.55. The zero-order valence-corrected chi connectivity index (χ0v) is 12.2. The Morgan fingerprint density at radius 2 is 1.89 bits per heavy atom. The van der Waals surface area contributed by atoms with E-state index in [9.17, 15) is 4.57 Å². The highest BCUT2D eigenvalue weighted by atomic mass is 31.2. The van der Waals surface area contributed by atoms with Crippen LogP contribution in [-0.2, 0) is 4.57 Å². The molecule has 1 unspecified atom stereocenters. The summed E-state index contributed by atoms with van der Waals surface area (Å²) in [5.41, 5.74) is 0. The Balaban J connectivity index is 2.21. The lowest BCUT2D eigenvalue weighted by Gasteiger charge is -2.36. The van der Waals surface area contributed by atoms with Crippen LogP contribution >= 0.6 is 7.29 Å². The molecule has 0 saturated carbocycles. The van der Waals surface area contributed by atoms with Crippen LogP contribution in [0.2, 0.25) is 0 Å². The van der Waals surface area contributed by atoms with Crippen LogP contribution in [0.25, 0.3) is 0 Å². The summed E-state index contributed by atoms with van der Waals surface area (Å²) >= 11 is 0. The molecule has 1 heterocycles. The molecule has 5 heteroatoms. The highest BCUT2D eigenvalue weighted by molar-refractivity contribution is 7.68. The molecular formula is C13H21N2O2P. The minimum absolute atomic E-state index is 0.767. The highest BCUT2D eigenvalue weighted by Crippen LogP contribution is 2.45. The summed E-state index contributed by atoms with van der Waals surface area (Å²) in [6.45, 7) is 5.53. The summed E-state index contributed by atoms with van der Waals surface area (Å²) in [6.07, 6.45) is 0. The number of rotatable bonds is 3. The summed E-state index contributed by atoms with van der Waals surface area (Å²) < 4.78 is 20.3. The van der Waals surface area contributed by atoms with E-state index in [1.54, 1.807) is 7.11 Å². The maximum atomic E-state index is 13.0. The Labute approximate surface area is 109 Å². The molecule has 2 rings (SSSR count). The Morgan fingerprint density at radius 1 is 1.22 bits per heavy atom. The van der Waals surface area contributed by atoms with E-state index < -0.39 is 7.29 Å². The number of methoxy groups -OCH3 is 1. The molecule has 1 fully saturated rings. The lowest BCUT2D eigenvalue weighted by atomic mass is 10.3. The number of benzene rings is 1. The summed E-state index contributed by atoms with van der Waals surface area (Å²) in [7, 11) is 1.27. The standard InChI is InChI=1S/C13H21N2O2P/c1-14-7-9-15(10-8-14)18(3,16)13-6-4-5-12(11-13)17-2/h4-6,11H,7-10H2,1-3H3. The maximum absolute atomic E-state index is 13.0. The van der Waals surface area contributed by atoms with Crippen LogP contribution < -0.4 is 10.0 Å². The molecule has 1 aliphatic rings. The van der Waals surface area contributed by atoms with Crippen molar-refractivity contribution in [1.29, 1.82) is 0 Å². The zero-order chi connectivity index (χ0) is 13.2. The van der Waals surface area contributed by atoms with Crippen LogP contribution in [0.5, 0.6) is 5.75 Å². The molecule has 0 aliphatic carbocycles. The van der Waals surface area contributed by atoms with Crippen LogP contribution in [0.3, 0.4) is 0 Å². The second-order valence-electron chi connectivity index (χ2n) is 4.84. The van der Waals surface area contributed by atoms with Gasteiger partial charge in [-0.1, -0.05) is 6.07 Å². The molecule has 0 radical (unpaired) electrons. The van der Waals surface area contributed by atoms with Gasteiger partial charge in [-0.15, -0.1) is 0 Å². The summed E-state index contributed by atoms with van der Waals surface area (Å²) in [5, 5.41) is 0.881. The van der Waals surface area contributed by atoms with Gasteiger partial charge < -0.3 is 14.2 Å². The van der Waals surface area contributed by atoms with Gasteiger partial charge in [0.2, 0.25) is 0 Å². The van der Waals surface area contributed by atoms with E-state index in [0.29, 0.717) is 0 Å². The number of ether oxygens (including phenoxy) is 1. The number of hydrogen-bond acceptors (Lipinski definition) is 3. The molecular weight excluding hydrogens is 247 g/mol. The Bertz CT molecular complexity index is 456. The second-order valence-corrected chi connectivity index (χ2v) is 7.68. The minimum atomic E-state index is -2.46. The minimum Gasteiger partial charge on any atom is -0.497 e. The van der Waals surface area contributed by atoms with Crippen LogP contribution in [0.15, 0.2) is 24.3 Å². The first-order valence-electron chi connectivity index (χ1n) is 6.20. The molecule has 4 nitrogen and oxygen atoms in total. The summed E-state index contributed by atoms with van der Waals surface area (Å²) in [6, 6.07) is 7.61. The van der Waals surface area contributed by atoms with Crippen molar-refractivity contribution in [2.24, 2.45) is 0 Å². The first-order chi connectivity index (χ1) is 8.54. The molecule has 1 saturated heterocycles. The van der Waals surface area contributed by atoms with Gasteiger partial charge in [-0.05, 0) is 25.2 Å². The molecule has 1 atom stereocenters. The summed E-state index contributed by atoms with van der Waals surface area (Å²) in [4.78, 5) is 2.27. The van der Waals surface area contributed by atoms with Gasteiger partial charge in [0.05, 0.1) is 7.11 Å². The van der Waals surface area contributed by atoms with E-state index in [1.165, 1.54) is 0 Å².